The number of aromatic nitrogens is 2. The summed E-state index contributed by atoms with van der Waals surface area (Å²) in [4.78, 5) is 26.3. The van der Waals surface area contributed by atoms with Gasteiger partial charge < -0.3 is 10.2 Å². The molecule has 1 atom stereocenters. The van der Waals surface area contributed by atoms with Gasteiger partial charge in [-0.2, -0.15) is 5.10 Å². The van der Waals surface area contributed by atoms with E-state index in [1.807, 2.05) is 18.7 Å². The Morgan fingerprint density at radius 2 is 1.91 bits per heavy atom. The first-order chi connectivity index (χ1) is 10.4. The molecule has 1 N–H and O–H groups in total. The van der Waals surface area contributed by atoms with Crippen LogP contribution >= 0.6 is 15.9 Å². The molecule has 7 heteroatoms. The molecular formula is C15H23BrN4O2. The molecule has 2 rings (SSSR count). The molecule has 0 saturated carbocycles. The molecule has 22 heavy (non-hydrogen) atoms. The van der Waals surface area contributed by atoms with Crippen molar-refractivity contribution >= 4 is 27.7 Å². The van der Waals surface area contributed by atoms with E-state index in [9.17, 15) is 9.59 Å². The first kappa shape index (κ1) is 17.0. The third-order valence-electron chi connectivity index (χ3n) is 4.00. The van der Waals surface area contributed by atoms with Crippen LogP contribution < -0.4 is 5.32 Å². The highest BCUT2D eigenvalue weighted by molar-refractivity contribution is 9.10. The summed E-state index contributed by atoms with van der Waals surface area (Å²) in [6.45, 7) is 7.24. The maximum atomic E-state index is 12.3. The number of likely N-dealkylation sites (tertiary alicyclic amines) is 1. The van der Waals surface area contributed by atoms with Crippen LogP contribution in [0, 0.1) is 13.8 Å². The zero-order valence-electron chi connectivity index (χ0n) is 13.4. The predicted molar refractivity (Wildman–Crippen MR) is 87.4 cm³/mol. The van der Waals surface area contributed by atoms with Crippen LogP contribution in [0.3, 0.4) is 0 Å². The van der Waals surface area contributed by atoms with Crippen LogP contribution in [0.15, 0.2) is 4.47 Å². The monoisotopic (exact) mass is 370 g/mol. The molecule has 0 spiro atoms. The van der Waals surface area contributed by atoms with Gasteiger partial charge in [0.2, 0.25) is 11.8 Å². The molecule has 2 amide bonds. The number of carbonyl (C=O) groups excluding carboxylic acids is 2. The lowest BCUT2D eigenvalue weighted by molar-refractivity contribution is -0.136. The van der Waals surface area contributed by atoms with Crippen LogP contribution in [-0.2, 0) is 16.1 Å². The third-order valence-corrected chi connectivity index (χ3v) is 5.15. The number of rotatable bonds is 4. The molecule has 0 aliphatic carbocycles. The van der Waals surface area contributed by atoms with Gasteiger partial charge in [0.15, 0.2) is 0 Å². The molecule has 0 unspecified atom stereocenters. The van der Waals surface area contributed by atoms with Gasteiger partial charge in [-0.05, 0) is 56.0 Å². The molecule has 1 aliphatic heterocycles. The average Bonchev–Trinajstić information content (AvgIpc) is 2.74. The minimum atomic E-state index is -0.494. The zero-order valence-corrected chi connectivity index (χ0v) is 14.9. The Morgan fingerprint density at radius 3 is 2.45 bits per heavy atom. The van der Waals surface area contributed by atoms with Gasteiger partial charge in [0.25, 0.3) is 0 Å². The minimum absolute atomic E-state index is 0.00241. The van der Waals surface area contributed by atoms with Gasteiger partial charge in [0.05, 0.1) is 15.9 Å². The Labute approximate surface area is 139 Å². The van der Waals surface area contributed by atoms with E-state index in [4.69, 9.17) is 0 Å². The lowest BCUT2D eigenvalue weighted by Crippen LogP contribution is -2.49. The van der Waals surface area contributed by atoms with Crippen LogP contribution in [-0.4, -0.2) is 45.6 Å². The molecule has 1 aliphatic rings. The van der Waals surface area contributed by atoms with E-state index in [0.717, 1.165) is 41.8 Å². The quantitative estimate of drug-likeness (QED) is 0.878. The minimum Gasteiger partial charge on any atom is -0.343 e. The Balaban J connectivity index is 1.90. The van der Waals surface area contributed by atoms with Crippen LogP contribution in [0.5, 0.6) is 0 Å². The summed E-state index contributed by atoms with van der Waals surface area (Å²) < 4.78 is 2.56. The normalized spacial score (nSPS) is 16.5. The number of halogens is 1. The molecule has 2 heterocycles. The number of aryl methyl sites for hydroxylation is 1. The molecule has 6 nitrogen and oxygen atoms in total. The fourth-order valence-electron chi connectivity index (χ4n) is 2.70. The maximum absolute atomic E-state index is 12.3. The van der Waals surface area contributed by atoms with E-state index in [2.05, 4.69) is 26.3 Å². The Bertz CT molecular complexity index is 564. The molecular weight excluding hydrogens is 348 g/mol. The van der Waals surface area contributed by atoms with Crippen molar-refractivity contribution in [1.82, 2.24) is 20.0 Å². The van der Waals surface area contributed by atoms with E-state index in [0.29, 0.717) is 0 Å². The molecule has 1 saturated heterocycles. The lowest BCUT2D eigenvalue weighted by Gasteiger charge is -2.29. The molecule has 1 aromatic heterocycles. The number of hydrogen-bond donors (Lipinski definition) is 1. The van der Waals surface area contributed by atoms with Gasteiger partial charge in [0.1, 0.15) is 12.6 Å². The largest absolute Gasteiger partial charge is 0.343 e. The standard InChI is InChI=1S/C15H23BrN4O2/c1-10-14(16)12(3)20(18-10)9-13(21)17-11(2)15(22)19-7-5-4-6-8-19/h11H,4-9H2,1-3H3,(H,17,21)/t11-/m1/s1. The summed E-state index contributed by atoms with van der Waals surface area (Å²) in [5, 5.41) is 7.08. The first-order valence-corrected chi connectivity index (χ1v) is 8.47. The molecule has 122 valence electrons. The van der Waals surface area contributed by atoms with E-state index in [-0.39, 0.29) is 18.4 Å². The molecule has 0 radical (unpaired) electrons. The van der Waals surface area contributed by atoms with Crippen molar-refractivity contribution in [3.8, 4) is 0 Å². The number of carbonyl (C=O) groups is 2. The van der Waals surface area contributed by atoms with Crippen LogP contribution in [0.25, 0.3) is 0 Å². The summed E-state index contributed by atoms with van der Waals surface area (Å²) in [5.41, 5.74) is 1.76. The van der Waals surface area contributed by atoms with Gasteiger partial charge in [-0.1, -0.05) is 0 Å². The molecule has 1 aromatic rings. The highest BCUT2D eigenvalue weighted by Gasteiger charge is 2.23. The van der Waals surface area contributed by atoms with Crippen molar-refractivity contribution < 1.29 is 9.59 Å². The predicted octanol–water partition coefficient (Wildman–Crippen LogP) is 1.78. The van der Waals surface area contributed by atoms with Crippen molar-refractivity contribution in [2.24, 2.45) is 0 Å². The summed E-state index contributed by atoms with van der Waals surface area (Å²) in [5.74, 6) is -0.196. The van der Waals surface area contributed by atoms with Crippen LogP contribution in [0.2, 0.25) is 0 Å². The highest BCUT2D eigenvalue weighted by atomic mass is 79.9. The maximum Gasteiger partial charge on any atom is 0.244 e. The van der Waals surface area contributed by atoms with Crippen LogP contribution in [0.1, 0.15) is 37.6 Å². The van der Waals surface area contributed by atoms with E-state index in [1.165, 1.54) is 6.42 Å². The third kappa shape index (κ3) is 3.88. The van der Waals surface area contributed by atoms with Crippen molar-refractivity contribution in [3.63, 3.8) is 0 Å². The lowest BCUT2D eigenvalue weighted by atomic mass is 10.1. The van der Waals surface area contributed by atoms with Gasteiger partial charge in [-0.3, -0.25) is 14.3 Å². The zero-order chi connectivity index (χ0) is 16.3. The van der Waals surface area contributed by atoms with Crippen molar-refractivity contribution in [1.29, 1.82) is 0 Å². The molecule has 1 fully saturated rings. The van der Waals surface area contributed by atoms with E-state index < -0.39 is 6.04 Å². The van der Waals surface area contributed by atoms with Crippen molar-refractivity contribution in [3.05, 3.63) is 15.9 Å². The summed E-state index contributed by atoms with van der Waals surface area (Å²) >= 11 is 3.44. The van der Waals surface area contributed by atoms with E-state index >= 15 is 0 Å². The highest BCUT2D eigenvalue weighted by Crippen LogP contribution is 2.19. The number of nitrogens with zero attached hydrogens (tertiary/aromatic N) is 3. The molecule has 0 aromatic carbocycles. The fraction of sp³-hybridized carbons (Fsp3) is 0.667. The number of nitrogens with one attached hydrogen (secondary N) is 1. The first-order valence-electron chi connectivity index (χ1n) is 7.67. The second-order valence-corrected chi connectivity index (χ2v) is 6.61. The Hall–Kier alpha value is -1.37. The van der Waals surface area contributed by atoms with Gasteiger partial charge in [-0.15, -0.1) is 0 Å². The van der Waals surface area contributed by atoms with Crippen molar-refractivity contribution in [2.45, 2.75) is 52.6 Å². The van der Waals surface area contributed by atoms with Gasteiger partial charge in [-0.25, -0.2) is 0 Å². The SMILES string of the molecule is Cc1nn(CC(=O)N[C@H](C)C(=O)N2CCCCC2)c(C)c1Br. The smallest absolute Gasteiger partial charge is 0.244 e. The fourth-order valence-corrected chi connectivity index (χ4v) is 2.99. The number of hydrogen-bond acceptors (Lipinski definition) is 3. The summed E-state index contributed by atoms with van der Waals surface area (Å²) in [6.07, 6.45) is 3.27. The van der Waals surface area contributed by atoms with E-state index in [1.54, 1.807) is 11.6 Å². The van der Waals surface area contributed by atoms with Crippen molar-refractivity contribution in [2.75, 3.05) is 13.1 Å². The second-order valence-electron chi connectivity index (χ2n) is 5.82. The topological polar surface area (TPSA) is 67.2 Å². The summed E-state index contributed by atoms with van der Waals surface area (Å²) in [6, 6.07) is -0.494. The van der Waals surface area contributed by atoms with Gasteiger partial charge >= 0.3 is 0 Å². The van der Waals surface area contributed by atoms with Crippen LogP contribution in [0.4, 0.5) is 0 Å². The van der Waals surface area contributed by atoms with Gasteiger partial charge in [0, 0.05) is 13.1 Å². The summed E-state index contributed by atoms with van der Waals surface area (Å²) in [7, 11) is 0. The number of amides is 2. The Morgan fingerprint density at radius 1 is 1.27 bits per heavy atom. The second kappa shape index (κ2) is 7.26. The average molecular weight is 371 g/mol. The Kier molecular flexibility index (Phi) is 5.61. The molecule has 0 bridgehead atoms. The number of piperidine rings is 1.